The molecule has 0 amide bonds. The maximum atomic E-state index is 11.8. The van der Waals surface area contributed by atoms with Gasteiger partial charge >= 0.3 is 0 Å². The molecule has 2 saturated carbocycles. The van der Waals surface area contributed by atoms with E-state index in [1.54, 1.807) is 0 Å². The largest absolute Gasteiger partial charge is 0.298 e. The summed E-state index contributed by atoms with van der Waals surface area (Å²) < 4.78 is 0. The van der Waals surface area contributed by atoms with Crippen LogP contribution in [0.3, 0.4) is 0 Å². The third kappa shape index (κ3) is 2.60. The highest BCUT2D eigenvalue weighted by atomic mass is 16.1. The molecule has 2 heteroatoms. The molecule has 0 aromatic rings. The Kier molecular flexibility index (Phi) is 3.79. The van der Waals surface area contributed by atoms with E-state index < -0.39 is 0 Å². The Morgan fingerprint density at radius 3 is 2.33 bits per heavy atom. The molecule has 0 saturated heterocycles. The van der Waals surface area contributed by atoms with E-state index >= 15 is 0 Å². The van der Waals surface area contributed by atoms with E-state index in [9.17, 15) is 4.79 Å². The fourth-order valence-electron chi connectivity index (χ4n) is 3.14. The first-order chi connectivity index (χ1) is 7.29. The van der Waals surface area contributed by atoms with E-state index in [4.69, 9.17) is 0 Å². The number of ketones is 1. The molecule has 0 aromatic heterocycles. The Hall–Kier alpha value is -0.370. The third-order valence-electron chi connectivity index (χ3n) is 4.16. The number of carbonyl (C=O) groups excluding carboxylic acids is 1. The Labute approximate surface area is 93.0 Å². The van der Waals surface area contributed by atoms with Crippen molar-refractivity contribution in [3.05, 3.63) is 0 Å². The molecule has 2 aliphatic rings. The quantitative estimate of drug-likeness (QED) is 0.697. The van der Waals surface area contributed by atoms with Crippen molar-refractivity contribution < 1.29 is 4.79 Å². The van der Waals surface area contributed by atoms with Crippen LogP contribution in [0.4, 0.5) is 0 Å². The SMILES string of the molecule is CN(C1CCCCC1)C1CCCCC1=O. The molecule has 0 bridgehead atoms. The normalized spacial score (nSPS) is 29.7. The second-order valence-corrected chi connectivity index (χ2v) is 5.19. The summed E-state index contributed by atoms with van der Waals surface area (Å²) >= 11 is 0. The van der Waals surface area contributed by atoms with Gasteiger partial charge < -0.3 is 0 Å². The van der Waals surface area contributed by atoms with Crippen molar-refractivity contribution in [2.75, 3.05) is 7.05 Å². The van der Waals surface area contributed by atoms with Crippen LogP contribution >= 0.6 is 0 Å². The van der Waals surface area contributed by atoms with Crippen LogP contribution in [0.15, 0.2) is 0 Å². The van der Waals surface area contributed by atoms with Crippen LogP contribution in [-0.4, -0.2) is 29.8 Å². The van der Waals surface area contributed by atoms with Gasteiger partial charge in [0.2, 0.25) is 0 Å². The van der Waals surface area contributed by atoms with Gasteiger partial charge in [-0.05, 0) is 32.7 Å². The summed E-state index contributed by atoms with van der Waals surface area (Å²) in [6.07, 6.45) is 11.0. The number of hydrogen-bond acceptors (Lipinski definition) is 2. The molecule has 2 aliphatic carbocycles. The number of likely N-dealkylation sites (N-methyl/N-ethyl adjacent to an activating group) is 1. The van der Waals surface area contributed by atoms with E-state index in [0.29, 0.717) is 11.8 Å². The second-order valence-electron chi connectivity index (χ2n) is 5.19. The number of rotatable bonds is 2. The van der Waals surface area contributed by atoms with Gasteiger partial charge in [0, 0.05) is 12.5 Å². The van der Waals surface area contributed by atoms with Crippen molar-refractivity contribution in [1.82, 2.24) is 4.90 Å². The van der Waals surface area contributed by atoms with Crippen molar-refractivity contribution in [3.63, 3.8) is 0 Å². The predicted octanol–water partition coefficient (Wildman–Crippen LogP) is 2.76. The van der Waals surface area contributed by atoms with Gasteiger partial charge in [-0.25, -0.2) is 0 Å². The van der Waals surface area contributed by atoms with Crippen LogP contribution in [0.25, 0.3) is 0 Å². The van der Waals surface area contributed by atoms with Crippen molar-refractivity contribution in [1.29, 1.82) is 0 Å². The Morgan fingerprint density at radius 2 is 1.67 bits per heavy atom. The van der Waals surface area contributed by atoms with Crippen LogP contribution in [0.2, 0.25) is 0 Å². The number of carbonyl (C=O) groups is 1. The van der Waals surface area contributed by atoms with Gasteiger partial charge in [0.15, 0.2) is 0 Å². The topological polar surface area (TPSA) is 20.3 Å². The van der Waals surface area contributed by atoms with Crippen LogP contribution < -0.4 is 0 Å². The molecule has 15 heavy (non-hydrogen) atoms. The smallest absolute Gasteiger partial charge is 0.149 e. The van der Waals surface area contributed by atoms with Gasteiger partial charge in [0.25, 0.3) is 0 Å². The lowest BCUT2D eigenvalue weighted by Gasteiger charge is -2.38. The summed E-state index contributed by atoms with van der Waals surface area (Å²) in [6, 6.07) is 0.938. The molecule has 1 atom stereocenters. The van der Waals surface area contributed by atoms with Crippen LogP contribution in [0.1, 0.15) is 57.8 Å². The molecule has 1 unspecified atom stereocenters. The zero-order valence-electron chi connectivity index (χ0n) is 9.87. The third-order valence-corrected chi connectivity index (χ3v) is 4.16. The zero-order chi connectivity index (χ0) is 10.7. The molecule has 86 valence electrons. The number of hydrogen-bond donors (Lipinski definition) is 0. The summed E-state index contributed by atoms with van der Waals surface area (Å²) in [5.74, 6) is 0.495. The van der Waals surface area contributed by atoms with E-state index in [2.05, 4.69) is 11.9 Å². The van der Waals surface area contributed by atoms with E-state index in [0.717, 1.165) is 19.3 Å². The minimum absolute atomic E-state index is 0.252. The maximum absolute atomic E-state index is 11.8. The standard InChI is InChI=1S/C13H23NO/c1-14(11-7-3-2-4-8-11)12-9-5-6-10-13(12)15/h11-12H,2-10H2,1H3. The van der Waals surface area contributed by atoms with Gasteiger partial charge in [-0.15, -0.1) is 0 Å². The maximum Gasteiger partial charge on any atom is 0.149 e. The van der Waals surface area contributed by atoms with Gasteiger partial charge in [0.05, 0.1) is 6.04 Å². The molecule has 0 spiro atoms. The molecule has 0 radical (unpaired) electrons. The fraction of sp³-hybridized carbons (Fsp3) is 0.923. The molecule has 0 N–H and O–H groups in total. The Balaban J connectivity index is 1.92. The summed E-state index contributed by atoms with van der Waals surface area (Å²) in [7, 11) is 2.17. The Bertz CT molecular complexity index is 221. The predicted molar refractivity (Wildman–Crippen MR) is 61.9 cm³/mol. The first-order valence-corrected chi connectivity index (χ1v) is 6.53. The molecule has 2 rings (SSSR count). The summed E-state index contributed by atoms with van der Waals surface area (Å²) in [6.45, 7) is 0. The fourth-order valence-corrected chi connectivity index (χ4v) is 3.14. The first-order valence-electron chi connectivity index (χ1n) is 6.53. The average Bonchev–Trinajstić information content (AvgIpc) is 2.30. The molecular formula is C13H23NO. The monoisotopic (exact) mass is 209 g/mol. The second kappa shape index (κ2) is 5.11. The van der Waals surface area contributed by atoms with Crippen LogP contribution in [0, 0.1) is 0 Å². The van der Waals surface area contributed by atoms with Crippen molar-refractivity contribution >= 4 is 5.78 Å². The van der Waals surface area contributed by atoms with Crippen LogP contribution in [-0.2, 0) is 4.79 Å². The van der Waals surface area contributed by atoms with Gasteiger partial charge in [-0.1, -0.05) is 25.7 Å². The lowest BCUT2D eigenvalue weighted by molar-refractivity contribution is -0.126. The number of Topliss-reactive ketones (excluding diaryl/α,β-unsaturated/α-hetero) is 1. The van der Waals surface area contributed by atoms with E-state index in [1.807, 2.05) is 0 Å². The minimum atomic E-state index is 0.252. The van der Waals surface area contributed by atoms with Crippen molar-refractivity contribution in [3.8, 4) is 0 Å². The number of nitrogens with zero attached hydrogens (tertiary/aromatic N) is 1. The summed E-state index contributed by atoms with van der Waals surface area (Å²) in [4.78, 5) is 14.2. The van der Waals surface area contributed by atoms with E-state index in [1.165, 1.54) is 38.5 Å². The van der Waals surface area contributed by atoms with Crippen LogP contribution in [0.5, 0.6) is 0 Å². The van der Waals surface area contributed by atoms with Gasteiger partial charge in [-0.3, -0.25) is 9.69 Å². The highest BCUT2D eigenvalue weighted by molar-refractivity contribution is 5.84. The van der Waals surface area contributed by atoms with Crippen molar-refractivity contribution in [2.45, 2.75) is 69.9 Å². The highest BCUT2D eigenvalue weighted by Gasteiger charge is 2.30. The van der Waals surface area contributed by atoms with Crippen molar-refractivity contribution in [2.24, 2.45) is 0 Å². The molecule has 0 heterocycles. The van der Waals surface area contributed by atoms with E-state index in [-0.39, 0.29) is 6.04 Å². The molecule has 2 nitrogen and oxygen atoms in total. The van der Waals surface area contributed by atoms with Gasteiger partial charge in [0.1, 0.15) is 5.78 Å². The first kappa shape index (κ1) is 11.1. The van der Waals surface area contributed by atoms with Gasteiger partial charge in [-0.2, -0.15) is 0 Å². The lowest BCUT2D eigenvalue weighted by Crippen LogP contribution is -2.46. The molecule has 0 aliphatic heterocycles. The Morgan fingerprint density at radius 1 is 1.00 bits per heavy atom. The lowest BCUT2D eigenvalue weighted by atomic mass is 9.88. The molecular weight excluding hydrogens is 186 g/mol. The molecule has 0 aromatic carbocycles. The highest BCUT2D eigenvalue weighted by Crippen LogP contribution is 2.27. The molecule has 2 fully saturated rings. The summed E-state index contributed by atoms with van der Waals surface area (Å²) in [5.41, 5.74) is 0. The zero-order valence-corrected chi connectivity index (χ0v) is 9.87. The minimum Gasteiger partial charge on any atom is -0.298 e. The summed E-state index contributed by atoms with van der Waals surface area (Å²) in [5, 5.41) is 0. The average molecular weight is 209 g/mol.